The van der Waals surface area contributed by atoms with Gasteiger partial charge in [0.25, 0.3) is 5.91 Å². The molecule has 0 aliphatic carbocycles. The average Bonchev–Trinajstić information content (AvgIpc) is 3.22. The Labute approximate surface area is 153 Å². The molecule has 0 unspecified atom stereocenters. The molecule has 0 bridgehead atoms. The Kier molecular flexibility index (Phi) is 4.26. The van der Waals surface area contributed by atoms with E-state index in [0.29, 0.717) is 18.0 Å². The van der Waals surface area contributed by atoms with Crippen molar-refractivity contribution >= 4 is 17.5 Å². The van der Waals surface area contributed by atoms with Gasteiger partial charge in [0.1, 0.15) is 0 Å². The lowest BCUT2D eigenvalue weighted by atomic mass is 9.94. The Balaban J connectivity index is 1.57. The number of amides is 2. The fourth-order valence-electron chi connectivity index (χ4n) is 3.99. The molecule has 0 spiro atoms. The monoisotopic (exact) mass is 352 g/mol. The summed E-state index contributed by atoms with van der Waals surface area (Å²) >= 11 is 0. The van der Waals surface area contributed by atoms with Gasteiger partial charge < -0.3 is 10.2 Å². The van der Waals surface area contributed by atoms with Gasteiger partial charge >= 0.3 is 0 Å². The van der Waals surface area contributed by atoms with Crippen molar-refractivity contribution in [2.75, 3.05) is 18.0 Å². The van der Waals surface area contributed by atoms with Crippen molar-refractivity contribution in [2.45, 2.75) is 39.7 Å². The number of hydrogen-bond donors (Lipinski definition) is 1. The molecule has 6 heteroatoms. The van der Waals surface area contributed by atoms with Gasteiger partial charge in [-0.05, 0) is 49.3 Å². The fourth-order valence-corrected chi connectivity index (χ4v) is 3.99. The van der Waals surface area contributed by atoms with E-state index in [0.717, 1.165) is 49.3 Å². The molecule has 1 aromatic heterocycles. The van der Waals surface area contributed by atoms with Crippen LogP contribution in [0.4, 0.5) is 5.69 Å². The van der Waals surface area contributed by atoms with Crippen molar-refractivity contribution in [3.8, 4) is 0 Å². The molecule has 1 atom stereocenters. The van der Waals surface area contributed by atoms with Crippen molar-refractivity contribution in [3.05, 3.63) is 46.8 Å². The van der Waals surface area contributed by atoms with Crippen LogP contribution in [0.3, 0.4) is 0 Å². The standard InChI is InChI=1S/C20H24N4O2/c1-13-3-4-16-6-7-23(18(16)9-13)20(26)17-12-22-24-8-5-15(10-19(17)24)11-21-14(2)25/h3-4,9,12,15H,5-8,10-11H2,1-2H3,(H,21,25)/t15-/m0/s1. The summed E-state index contributed by atoms with van der Waals surface area (Å²) in [5.41, 5.74) is 5.12. The van der Waals surface area contributed by atoms with Crippen LogP contribution in [-0.4, -0.2) is 34.7 Å². The maximum absolute atomic E-state index is 13.2. The third-order valence-corrected chi connectivity index (χ3v) is 5.43. The molecule has 26 heavy (non-hydrogen) atoms. The molecule has 0 fully saturated rings. The molecule has 6 nitrogen and oxygen atoms in total. The Morgan fingerprint density at radius 1 is 1.31 bits per heavy atom. The number of carbonyl (C=O) groups is 2. The van der Waals surface area contributed by atoms with Crippen LogP contribution >= 0.6 is 0 Å². The number of hydrogen-bond acceptors (Lipinski definition) is 3. The summed E-state index contributed by atoms with van der Waals surface area (Å²) < 4.78 is 1.95. The highest BCUT2D eigenvalue weighted by Crippen LogP contribution is 2.32. The lowest BCUT2D eigenvalue weighted by Crippen LogP contribution is -2.34. The molecule has 1 N–H and O–H groups in total. The van der Waals surface area contributed by atoms with Crippen molar-refractivity contribution in [1.29, 1.82) is 0 Å². The number of anilines is 1. The largest absolute Gasteiger partial charge is 0.356 e. The Morgan fingerprint density at radius 3 is 2.96 bits per heavy atom. The highest BCUT2D eigenvalue weighted by Gasteiger charge is 2.31. The van der Waals surface area contributed by atoms with Crippen LogP contribution in [0.15, 0.2) is 24.4 Å². The van der Waals surface area contributed by atoms with Crippen molar-refractivity contribution in [3.63, 3.8) is 0 Å². The van der Waals surface area contributed by atoms with Gasteiger partial charge in [0.2, 0.25) is 5.91 Å². The van der Waals surface area contributed by atoms with E-state index in [2.05, 4.69) is 35.5 Å². The van der Waals surface area contributed by atoms with Gasteiger partial charge in [-0.25, -0.2) is 0 Å². The normalized spacial score (nSPS) is 18.4. The molecule has 0 saturated heterocycles. The molecular weight excluding hydrogens is 328 g/mol. The van der Waals surface area contributed by atoms with Gasteiger partial charge in [0.15, 0.2) is 0 Å². The van der Waals surface area contributed by atoms with Gasteiger partial charge in [-0.1, -0.05) is 12.1 Å². The first-order valence-corrected chi connectivity index (χ1v) is 9.23. The minimum atomic E-state index is -0.00979. The summed E-state index contributed by atoms with van der Waals surface area (Å²) in [7, 11) is 0. The number of aryl methyl sites for hydroxylation is 2. The molecule has 1 aromatic carbocycles. The molecule has 0 radical (unpaired) electrons. The van der Waals surface area contributed by atoms with E-state index >= 15 is 0 Å². The zero-order valence-electron chi connectivity index (χ0n) is 15.3. The highest BCUT2D eigenvalue weighted by molar-refractivity contribution is 6.08. The Hall–Kier alpha value is -2.63. The second-order valence-electron chi connectivity index (χ2n) is 7.36. The summed E-state index contributed by atoms with van der Waals surface area (Å²) in [6.07, 6.45) is 4.35. The predicted octanol–water partition coefficient (Wildman–Crippen LogP) is 2.09. The molecule has 2 aliphatic heterocycles. The number of benzene rings is 1. The molecule has 2 amide bonds. The predicted molar refractivity (Wildman–Crippen MR) is 99.3 cm³/mol. The van der Waals surface area contributed by atoms with Crippen LogP contribution in [0.1, 0.15) is 40.5 Å². The van der Waals surface area contributed by atoms with Gasteiger partial charge in [0.05, 0.1) is 17.5 Å². The van der Waals surface area contributed by atoms with Gasteiger partial charge in [-0.2, -0.15) is 5.10 Å². The minimum absolute atomic E-state index is 0.00979. The number of nitrogens with zero attached hydrogens (tertiary/aromatic N) is 3. The third kappa shape index (κ3) is 3.00. The van der Waals surface area contributed by atoms with Gasteiger partial charge in [0, 0.05) is 32.2 Å². The summed E-state index contributed by atoms with van der Waals surface area (Å²) in [5, 5.41) is 7.33. The van der Waals surface area contributed by atoms with Crippen LogP contribution in [0, 0.1) is 12.8 Å². The first-order valence-electron chi connectivity index (χ1n) is 9.23. The van der Waals surface area contributed by atoms with Gasteiger partial charge in [-0.3, -0.25) is 14.3 Å². The van der Waals surface area contributed by atoms with E-state index in [1.807, 2.05) is 9.58 Å². The zero-order valence-corrected chi connectivity index (χ0v) is 15.3. The van der Waals surface area contributed by atoms with E-state index in [1.54, 1.807) is 6.20 Å². The highest BCUT2D eigenvalue weighted by atomic mass is 16.2. The lowest BCUT2D eigenvalue weighted by molar-refractivity contribution is -0.119. The smallest absolute Gasteiger partial charge is 0.261 e. The van der Waals surface area contributed by atoms with Crippen LogP contribution in [0.2, 0.25) is 0 Å². The first-order chi connectivity index (χ1) is 12.5. The second-order valence-corrected chi connectivity index (χ2v) is 7.36. The number of fused-ring (bicyclic) bond motifs is 2. The number of aromatic nitrogens is 2. The molecular formula is C20H24N4O2. The van der Waals surface area contributed by atoms with Crippen LogP contribution in [0.25, 0.3) is 0 Å². The van der Waals surface area contributed by atoms with Crippen LogP contribution in [0.5, 0.6) is 0 Å². The number of rotatable bonds is 3. The number of nitrogens with one attached hydrogen (secondary N) is 1. The Morgan fingerprint density at radius 2 is 2.15 bits per heavy atom. The molecule has 2 aliphatic rings. The summed E-state index contributed by atoms with van der Waals surface area (Å²) in [6.45, 7) is 5.75. The Bertz CT molecular complexity index is 871. The van der Waals surface area contributed by atoms with Crippen LogP contribution in [-0.2, 0) is 24.2 Å². The SMILES string of the molecule is CC(=O)NC[C@H]1CCn2ncc(C(=O)N3CCc4ccc(C)cc43)c2C1. The summed E-state index contributed by atoms with van der Waals surface area (Å²) in [5.74, 6) is 0.378. The van der Waals surface area contributed by atoms with Crippen LogP contribution < -0.4 is 10.2 Å². The van der Waals surface area contributed by atoms with E-state index in [-0.39, 0.29) is 11.8 Å². The molecule has 4 rings (SSSR count). The molecule has 2 aromatic rings. The van der Waals surface area contributed by atoms with E-state index in [9.17, 15) is 9.59 Å². The van der Waals surface area contributed by atoms with E-state index in [1.165, 1.54) is 12.5 Å². The average molecular weight is 352 g/mol. The topological polar surface area (TPSA) is 67.2 Å². The third-order valence-electron chi connectivity index (χ3n) is 5.43. The first kappa shape index (κ1) is 16.8. The lowest BCUT2D eigenvalue weighted by Gasteiger charge is -2.25. The molecule has 3 heterocycles. The van der Waals surface area contributed by atoms with Crippen molar-refractivity contribution in [2.24, 2.45) is 5.92 Å². The second kappa shape index (κ2) is 6.59. The number of carbonyl (C=O) groups excluding carboxylic acids is 2. The van der Waals surface area contributed by atoms with Crippen molar-refractivity contribution in [1.82, 2.24) is 15.1 Å². The van der Waals surface area contributed by atoms with E-state index in [4.69, 9.17) is 0 Å². The maximum Gasteiger partial charge on any atom is 0.261 e. The maximum atomic E-state index is 13.2. The van der Waals surface area contributed by atoms with E-state index < -0.39 is 0 Å². The zero-order chi connectivity index (χ0) is 18.3. The fraction of sp³-hybridized carbons (Fsp3) is 0.450. The van der Waals surface area contributed by atoms with Gasteiger partial charge in [-0.15, -0.1) is 0 Å². The quantitative estimate of drug-likeness (QED) is 0.920. The summed E-state index contributed by atoms with van der Waals surface area (Å²) in [6, 6.07) is 6.31. The van der Waals surface area contributed by atoms with Crippen molar-refractivity contribution < 1.29 is 9.59 Å². The summed E-state index contributed by atoms with van der Waals surface area (Å²) in [4.78, 5) is 26.3. The molecule has 136 valence electrons. The molecule has 0 saturated carbocycles. The minimum Gasteiger partial charge on any atom is -0.356 e.